The average molecular weight is 346 g/mol. The third-order valence-electron chi connectivity index (χ3n) is 5.47. The second-order valence-electron chi connectivity index (χ2n) is 7.10. The van der Waals surface area contributed by atoms with E-state index in [4.69, 9.17) is 9.15 Å². The van der Waals surface area contributed by atoms with E-state index in [-0.39, 0.29) is 11.7 Å². The molecule has 134 valence electrons. The van der Waals surface area contributed by atoms with Gasteiger partial charge in [-0.15, -0.1) is 0 Å². The summed E-state index contributed by atoms with van der Waals surface area (Å²) in [6, 6.07) is 4.72. The highest BCUT2D eigenvalue weighted by atomic mass is 19.1. The minimum atomic E-state index is -0.322. The van der Waals surface area contributed by atoms with E-state index in [1.165, 1.54) is 12.1 Å². The van der Waals surface area contributed by atoms with Gasteiger partial charge in [0.2, 0.25) is 0 Å². The van der Waals surface area contributed by atoms with Crippen LogP contribution in [0.2, 0.25) is 0 Å². The standard InChI is InChI=1S/C19H23FN2O3/c1-12-10-22(11-16(12)21-5-7-24-8-6-21)19(23)18-13(2)15-9-14(20)3-4-17(15)25-18/h3-4,9,12,16H,5-8,10-11H2,1-2H3/t12-,16+/m1/s1. The maximum atomic E-state index is 13.5. The van der Waals surface area contributed by atoms with E-state index < -0.39 is 0 Å². The van der Waals surface area contributed by atoms with Gasteiger partial charge in [-0.05, 0) is 31.0 Å². The molecule has 0 saturated carbocycles. The van der Waals surface area contributed by atoms with Crippen molar-refractivity contribution in [3.8, 4) is 0 Å². The zero-order chi connectivity index (χ0) is 17.6. The van der Waals surface area contributed by atoms with Gasteiger partial charge in [0.25, 0.3) is 5.91 Å². The van der Waals surface area contributed by atoms with Gasteiger partial charge in [0.1, 0.15) is 11.4 Å². The predicted molar refractivity (Wildman–Crippen MR) is 92.2 cm³/mol. The van der Waals surface area contributed by atoms with E-state index in [0.29, 0.717) is 47.3 Å². The summed E-state index contributed by atoms with van der Waals surface area (Å²) in [5, 5.41) is 0.667. The summed E-state index contributed by atoms with van der Waals surface area (Å²) >= 11 is 0. The molecule has 1 aromatic carbocycles. The fourth-order valence-corrected chi connectivity index (χ4v) is 4.04. The highest BCUT2D eigenvalue weighted by Gasteiger charge is 2.38. The van der Waals surface area contributed by atoms with Gasteiger partial charge in [-0.3, -0.25) is 9.69 Å². The van der Waals surface area contributed by atoms with Gasteiger partial charge >= 0.3 is 0 Å². The first-order valence-corrected chi connectivity index (χ1v) is 8.84. The molecule has 1 amide bonds. The van der Waals surface area contributed by atoms with Gasteiger partial charge in [0.15, 0.2) is 5.76 Å². The average Bonchev–Trinajstić information content (AvgIpc) is 3.16. The Labute approximate surface area is 146 Å². The second-order valence-corrected chi connectivity index (χ2v) is 7.10. The first-order valence-electron chi connectivity index (χ1n) is 8.84. The van der Waals surface area contributed by atoms with Crippen LogP contribution >= 0.6 is 0 Å². The summed E-state index contributed by atoms with van der Waals surface area (Å²) in [7, 11) is 0. The summed E-state index contributed by atoms with van der Waals surface area (Å²) in [6.07, 6.45) is 0. The van der Waals surface area contributed by atoms with Crippen molar-refractivity contribution >= 4 is 16.9 Å². The van der Waals surface area contributed by atoms with Crippen molar-refractivity contribution in [2.75, 3.05) is 39.4 Å². The third kappa shape index (κ3) is 2.93. The quantitative estimate of drug-likeness (QED) is 0.839. The number of halogens is 1. The van der Waals surface area contributed by atoms with Crippen molar-refractivity contribution < 1.29 is 18.3 Å². The molecule has 0 spiro atoms. The van der Waals surface area contributed by atoms with Gasteiger partial charge < -0.3 is 14.1 Å². The Morgan fingerprint density at radius 3 is 2.76 bits per heavy atom. The van der Waals surface area contributed by atoms with E-state index in [9.17, 15) is 9.18 Å². The van der Waals surface area contributed by atoms with Crippen molar-refractivity contribution in [2.24, 2.45) is 5.92 Å². The van der Waals surface area contributed by atoms with Crippen molar-refractivity contribution in [2.45, 2.75) is 19.9 Å². The molecule has 4 rings (SSSR count). The number of carbonyl (C=O) groups excluding carboxylic acids is 1. The number of aryl methyl sites for hydroxylation is 1. The van der Waals surface area contributed by atoms with Gasteiger partial charge in [-0.2, -0.15) is 0 Å². The molecular weight excluding hydrogens is 323 g/mol. The maximum Gasteiger partial charge on any atom is 0.289 e. The molecule has 0 radical (unpaired) electrons. The normalized spacial score (nSPS) is 25.0. The van der Waals surface area contributed by atoms with E-state index in [0.717, 1.165) is 26.3 Å². The number of rotatable bonds is 2. The molecule has 2 aromatic rings. The Hall–Kier alpha value is -1.92. The fraction of sp³-hybridized carbons (Fsp3) is 0.526. The summed E-state index contributed by atoms with van der Waals surface area (Å²) in [5.74, 6) is 0.314. The summed E-state index contributed by atoms with van der Waals surface area (Å²) in [4.78, 5) is 17.3. The Morgan fingerprint density at radius 1 is 1.24 bits per heavy atom. The number of fused-ring (bicyclic) bond motifs is 1. The van der Waals surface area contributed by atoms with Gasteiger partial charge in [0.05, 0.1) is 13.2 Å². The number of hydrogen-bond acceptors (Lipinski definition) is 4. The molecule has 0 aliphatic carbocycles. The Kier molecular flexibility index (Phi) is 4.25. The lowest BCUT2D eigenvalue weighted by atomic mass is 10.0. The minimum Gasteiger partial charge on any atom is -0.451 e. The molecule has 25 heavy (non-hydrogen) atoms. The van der Waals surface area contributed by atoms with Crippen LogP contribution in [0.25, 0.3) is 11.0 Å². The largest absolute Gasteiger partial charge is 0.451 e. The summed E-state index contributed by atoms with van der Waals surface area (Å²) in [5.41, 5.74) is 1.27. The number of carbonyl (C=O) groups is 1. The molecule has 2 saturated heterocycles. The van der Waals surface area contributed by atoms with Crippen molar-refractivity contribution in [1.82, 2.24) is 9.80 Å². The van der Waals surface area contributed by atoms with Crippen LogP contribution in [0, 0.1) is 18.7 Å². The molecule has 2 fully saturated rings. The highest BCUT2D eigenvalue weighted by Crippen LogP contribution is 2.29. The Balaban J connectivity index is 1.56. The molecule has 0 bridgehead atoms. The van der Waals surface area contributed by atoms with E-state index in [1.54, 1.807) is 6.07 Å². The first-order chi connectivity index (χ1) is 12.0. The van der Waals surface area contributed by atoms with Gasteiger partial charge in [0, 0.05) is 43.2 Å². The topological polar surface area (TPSA) is 45.9 Å². The molecular formula is C19H23FN2O3. The van der Waals surface area contributed by atoms with Crippen LogP contribution < -0.4 is 0 Å². The van der Waals surface area contributed by atoms with Crippen LogP contribution in [0.3, 0.4) is 0 Å². The van der Waals surface area contributed by atoms with Crippen LogP contribution in [-0.4, -0.2) is 61.1 Å². The van der Waals surface area contributed by atoms with Crippen molar-refractivity contribution in [3.05, 3.63) is 35.3 Å². The van der Waals surface area contributed by atoms with E-state index >= 15 is 0 Å². The van der Waals surface area contributed by atoms with Crippen LogP contribution in [0.4, 0.5) is 4.39 Å². The fourth-order valence-electron chi connectivity index (χ4n) is 4.04. The lowest BCUT2D eigenvalue weighted by Gasteiger charge is -2.33. The summed E-state index contributed by atoms with van der Waals surface area (Å²) in [6.45, 7) is 8.76. The van der Waals surface area contributed by atoms with E-state index in [2.05, 4.69) is 11.8 Å². The van der Waals surface area contributed by atoms with Crippen LogP contribution in [0.15, 0.2) is 22.6 Å². The number of nitrogens with zero attached hydrogens (tertiary/aromatic N) is 2. The van der Waals surface area contributed by atoms with Gasteiger partial charge in [-0.1, -0.05) is 6.92 Å². The molecule has 1 aromatic heterocycles. The number of morpholine rings is 1. The van der Waals surface area contributed by atoms with E-state index in [1.807, 2.05) is 11.8 Å². The second kappa shape index (κ2) is 6.42. The van der Waals surface area contributed by atoms with Crippen LogP contribution in [0.5, 0.6) is 0 Å². The predicted octanol–water partition coefficient (Wildman–Crippen LogP) is 2.67. The molecule has 2 atom stereocenters. The molecule has 2 aliphatic heterocycles. The number of furan rings is 1. The maximum absolute atomic E-state index is 13.5. The number of likely N-dealkylation sites (tertiary alicyclic amines) is 1. The SMILES string of the molecule is Cc1c(C(=O)N2C[C@@H](C)[C@@H](N3CCOCC3)C2)oc2ccc(F)cc12. The lowest BCUT2D eigenvalue weighted by molar-refractivity contribution is 0.0119. The zero-order valence-corrected chi connectivity index (χ0v) is 14.6. The zero-order valence-electron chi connectivity index (χ0n) is 14.6. The molecule has 3 heterocycles. The third-order valence-corrected chi connectivity index (χ3v) is 5.47. The monoisotopic (exact) mass is 346 g/mol. The van der Waals surface area contributed by atoms with Gasteiger partial charge in [-0.25, -0.2) is 4.39 Å². The lowest BCUT2D eigenvalue weighted by Crippen LogP contribution is -2.47. The van der Waals surface area contributed by atoms with Crippen molar-refractivity contribution in [1.29, 1.82) is 0 Å². The Morgan fingerprint density at radius 2 is 2.00 bits per heavy atom. The molecule has 5 nitrogen and oxygen atoms in total. The van der Waals surface area contributed by atoms with Crippen molar-refractivity contribution in [3.63, 3.8) is 0 Å². The first kappa shape index (κ1) is 16.5. The minimum absolute atomic E-state index is 0.100. The highest BCUT2D eigenvalue weighted by molar-refractivity contribution is 5.99. The molecule has 0 unspecified atom stereocenters. The Bertz CT molecular complexity index is 797. The smallest absolute Gasteiger partial charge is 0.289 e. The summed E-state index contributed by atoms with van der Waals surface area (Å²) < 4.78 is 24.7. The number of hydrogen-bond donors (Lipinski definition) is 0. The molecule has 0 N–H and O–H groups in total. The molecule has 6 heteroatoms. The number of ether oxygens (including phenoxy) is 1. The number of benzene rings is 1. The number of amides is 1. The van der Waals surface area contributed by atoms with Crippen LogP contribution in [-0.2, 0) is 4.74 Å². The molecule has 2 aliphatic rings. The van der Waals surface area contributed by atoms with Crippen LogP contribution in [0.1, 0.15) is 23.0 Å².